The van der Waals surface area contributed by atoms with E-state index in [9.17, 15) is 4.79 Å². The van der Waals surface area contributed by atoms with E-state index in [0.717, 1.165) is 0 Å². The zero-order valence-electron chi connectivity index (χ0n) is 13.1. The first-order chi connectivity index (χ1) is 12.5. The Kier molecular flexibility index (Phi) is 5.94. The molecule has 0 atom stereocenters. The Labute approximate surface area is 170 Å². The average Bonchev–Trinajstić information content (AvgIpc) is 2.65. The molecule has 3 rings (SSSR count). The van der Waals surface area contributed by atoms with Crippen molar-refractivity contribution in [2.24, 2.45) is 0 Å². The van der Waals surface area contributed by atoms with Crippen molar-refractivity contribution in [1.82, 2.24) is 0 Å². The second-order valence-corrected chi connectivity index (χ2v) is 6.74. The van der Waals surface area contributed by atoms with Crippen LogP contribution in [0.4, 0.5) is 16.2 Å². The van der Waals surface area contributed by atoms with Gasteiger partial charge in [-0.15, -0.1) is 0 Å². The molecule has 132 valence electrons. The van der Waals surface area contributed by atoms with Crippen molar-refractivity contribution < 1.29 is 9.53 Å². The number of para-hydroxylation sites is 2. The molecule has 0 aliphatic rings. The number of halogens is 4. The highest BCUT2D eigenvalue weighted by molar-refractivity contribution is 6.50. The summed E-state index contributed by atoms with van der Waals surface area (Å²) in [7, 11) is 0. The van der Waals surface area contributed by atoms with Gasteiger partial charge in [0.2, 0.25) is 0 Å². The first kappa shape index (κ1) is 18.9. The molecule has 3 aromatic carbocycles. The fourth-order valence-corrected chi connectivity index (χ4v) is 3.27. The molecule has 0 bridgehead atoms. The van der Waals surface area contributed by atoms with Crippen LogP contribution in [0, 0.1) is 0 Å². The van der Waals surface area contributed by atoms with Crippen molar-refractivity contribution in [1.29, 1.82) is 0 Å². The number of carbonyl (C=O) groups is 1. The predicted octanol–water partition coefficient (Wildman–Crippen LogP) is 7.64. The zero-order valence-corrected chi connectivity index (χ0v) is 16.2. The number of nitrogens with zero attached hydrogens (tertiary/aromatic N) is 1. The predicted molar refractivity (Wildman–Crippen MR) is 108 cm³/mol. The van der Waals surface area contributed by atoms with Crippen LogP contribution in [0.3, 0.4) is 0 Å². The van der Waals surface area contributed by atoms with Crippen LogP contribution < -0.4 is 9.64 Å². The Morgan fingerprint density at radius 3 is 1.73 bits per heavy atom. The number of rotatable bonds is 3. The van der Waals surface area contributed by atoms with Crippen LogP contribution in [-0.4, -0.2) is 6.09 Å². The highest BCUT2D eigenvalue weighted by Gasteiger charge is 2.24. The molecule has 7 heteroatoms. The van der Waals surface area contributed by atoms with Crippen LogP contribution in [0.25, 0.3) is 0 Å². The van der Waals surface area contributed by atoms with Crippen molar-refractivity contribution in [3.05, 3.63) is 86.8 Å². The quantitative estimate of drug-likeness (QED) is 0.318. The highest BCUT2D eigenvalue weighted by Crippen LogP contribution is 2.43. The summed E-state index contributed by atoms with van der Waals surface area (Å²) < 4.78 is 5.46. The smallest absolute Gasteiger partial charge is 0.406 e. The SMILES string of the molecule is O=C(Oc1c(Cl)cc(Cl)c(Cl)c1Cl)N(c1ccccc1)c1ccccc1. The fraction of sp³-hybridized carbons (Fsp3) is 0. The summed E-state index contributed by atoms with van der Waals surface area (Å²) >= 11 is 24.2. The van der Waals surface area contributed by atoms with E-state index in [1.165, 1.54) is 11.0 Å². The Morgan fingerprint density at radius 1 is 0.731 bits per heavy atom. The van der Waals surface area contributed by atoms with E-state index in [1.54, 1.807) is 24.3 Å². The van der Waals surface area contributed by atoms with E-state index in [1.807, 2.05) is 36.4 Å². The molecule has 0 heterocycles. The molecule has 0 fully saturated rings. The van der Waals surface area contributed by atoms with E-state index in [4.69, 9.17) is 51.1 Å². The van der Waals surface area contributed by atoms with E-state index in [0.29, 0.717) is 11.4 Å². The molecule has 0 spiro atoms. The molecule has 0 aliphatic heterocycles. The molecule has 3 nitrogen and oxygen atoms in total. The molecule has 0 radical (unpaired) electrons. The molecular formula is C19H11Cl4NO2. The number of anilines is 2. The molecule has 0 saturated heterocycles. The summed E-state index contributed by atoms with van der Waals surface area (Å²) in [6.07, 6.45) is -0.690. The number of hydrogen-bond acceptors (Lipinski definition) is 2. The van der Waals surface area contributed by atoms with Gasteiger partial charge in [-0.25, -0.2) is 9.69 Å². The standard InChI is InChI=1S/C19H11Cl4NO2/c20-14-11-15(21)18(17(23)16(14)22)26-19(25)24(12-7-3-1-4-8-12)13-9-5-2-6-10-13/h1-11H. The maximum Gasteiger partial charge on any atom is 0.424 e. The van der Waals surface area contributed by atoms with E-state index in [2.05, 4.69) is 0 Å². The minimum Gasteiger partial charge on any atom is -0.406 e. The van der Waals surface area contributed by atoms with Gasteiger partial charge in [0.05, 0.1) is 26.4 Å². The lowest BCUT2D eigenvalue weighted by Crippen LogP contribution is -2.29. The van der Waals surface area contributed by atoms with Gasteiger partial charge in [0.25, 0.3) is 0 Å². The van der Waals surface area contributed by atoms with Crippen molar-refractivity contribution in [3.63, 3.8) is 0 Å². The topological polar surface area (TPSA) is 29.5 Å². The van der Waals surface area contributed by atoms with Crippen LogP contribution >= 0.6 is 46.4 Å². The summed E-state index contributed by atoms with van der Waals surface area (Å²) in [5.74, 6) is -0.0513. The molecule has 0 unspecified atom stereocenters. The highest BCUT2D eigenvalue weighted by atomic mass is 35.5. The van der Waals surface area contributed by atoms with Crippen molar-refractivity contribution in [2.45, 2.75) is 0 Å². The summed E-state index contributed by atoms with van der Waals surface area (Å²) in [6, 6.07) is 19.5. The third-order valence-corrected chi connectivity index (χ3v) is 5.00. The van der Waals surface area contributed by atoms with E-state index in [-0.39, 0.29) is 25.8 Å². The van der Waals surface area contributed by atoms with Crippen LogP contribution in [-0.2, 0) is 0 Å². The summed E-state index contributed by atoms with van der Waals surface area (Å²) in [5.41, 5.74) is 1.24. The Bertz CT molecular complexity index is 894. The minimum absolute atomic E-state index is 0.0291. The first-order valence-electron chi connectivity index (χ1n) is 7.44. The second-order valence-electron chi connectivity index (χ2n) is 5.17. The average molecular weight is 427 g/mol. The normalized spacial score (nSPS) is 10.5. The number of ether oxygens (including phenoxy) is 1. The van der Waals surface area contributed by atoms with Crippen LogP contribution in [0.1, 0.15) is 0 Å². The molecule has 0 saturated carbocycles. The summed E-state index contributed by atoms with van der Waals surface area (Å²) in [4.78, 5) is 14.3. The van der Waals surface area contributed by atoms with Crippen molar-refractivity contribution in [3.8, 4) is 5.75 Å². The third kappa shape index (κ3) is 3.92. The molecule has 0 aromatic heterocycles. The summed E-state index contributed by atoms with van der Waals surface area (Å²) in [5, 5.41) is 0.286. The Hall–Kier alpha value is -1.91. The van der Waals surface area contributed by atoms with Crippen LogP contribution in [0.15, 0.2) is 66.7 Å². The molecule has 3 aromatic rings. The second kappa shape index (κ2) is 8.19. The van der Waals surface area contributed by atoms with Crippen LogP contribution in [0.5, 0.6) is 5.75 Å². The fourth-order valence-electron chi connectivity index (χ4n) is 2.29. The number of carbonyl (C=O) groups excluding carboxylic acids is 1. The maximum atomic E-state index is 12.9. The van der Waals surface area contributed by atoms with Gasteiger partial charge in [0.15, 0.2) is 5.75 Å². The van der Waals surface area contributed by atoms with Gasteiger partial charge < -0.3 is 4.74 Å². The number of benzene rings is 3. The van der Waals surface area contributed by atoms with Crippen molar-refractivity contribution in [2.75, 3.05) is 4.90 Å². The first-order valence-corrected chi connectivity index (χ1v) is 8.95. The van der Waals surface area contributed by atoms with E-state index >= 15 is 0 Å². The monoisotopic (exact) mass is 425 g/mol. The molecular weight excluding hydrogens is 416 g/mol. The molecule has 0 aliphatic carbocycles. The van der Waals surface area contributed by atoms with Gasteiger partial charge in [-0.2, -0.15) is 0 Å². The Morgan fingerprint density at radius 2 is 1.23 bits per heavy atom. The molecule has 0 N–H and O–H groups in total. The van der Waals surface area contributed by atoms with Gasteiger partial charge in [-0.3, -0.25) is 0 Å². The third-order valence-electron chi connectivity index (χ3n) is 3.47. The largest absolute Gasteiger partial charge is 0.424 e. The lowest BCUT2D eigenvalue weighted by molar-refractivity contribution is 0.210. The van der Waals surface area contributed by atoms with Crippen LogP contribution in [0.2, 0.25) is 20.1 Å². The summed E-state index contributed by atoms with van der Waals surface area (Å²) in [6.45, 7) is 0. The van der Waals surface area contributed by atoms with E-state index < -0.39 is 6.09 Å². The lowest BCUT2D eigenvalue weighted by Gasteiger charge is -2.23. The maximum absolute atomic E-state index is 12.9. The lowest BCUT2D eigenvalue weighted by atomic mass is 10.2. The zero-order chi connectivity index (χ0) is 18.7. The van der Waals surface area contributed by atoms with Crippen molar-refractivity contribution >= 4 is 63.9 Å². The van der Waals surface area contributed by atoms with Gasteiger partial charge in [-0.05, 0) is 30.3 Å². The number of amides is 1. The van der Waals surface area contributed by atoms with Gasteiger partial charge >= 0.3 is 6.09 Å². The van der Waals surface area contributed by atoms with Gasteiger partial charge in [0, 0.05) is 0 Å². The number of hydrogen-bond donors (Lipinski definition) is 0. The molecule has 1 amide bonds. The van der Waals surface area contributed by atoms with Gasteiger partial charge in [0.1, 0.15) is 5.02 Å². The van der Waals surface area contributed by atoms with Gasteiger partial charge in [-0.1, -0.05) is 82.8 Å². The Balaban J connectivity index is 2.02. The molecule has 26 heavy (non-hydrogen) atoms. The minimum atomic E-state index is -0.690.